The van der Waals surface area contributed by atoms with Crippen molar-refractivity contribution in [3.8, 4) is 5.75 Å². The molecule has 0 bridgehead atoms. The van der Waals surface area contributed by atoms with Crippen molar-refractivity contribution >= 4 is 60.7 Å². The van der Waals surface area contributed by atoms with E-state index in [1.807, 2.05) is 48.5 Å². The number of ether oxygens (including phenoxy) is 1. The number of halogens is 2. The summed E-state index contributed by atoms with van der Waals surface area (Å²) in [6, 6.07) is 17.0. The van der Waals surface area contributed by atoms with Crippen LogP contribution in [0.15, 0.2) is 67.1 Å². The molecule has 1 amide bonds. The molecule has 0 unspecified atom stereocenters. The van der Waals surface area contributed by atoms with Crippen LogP contribution in [0.4, 0.5) is 15.9 Å². The highest BCUT2D eigenvalue weighted by Gasteiger charge is 2.28. The van der Waals surface area contributed by atoms with Crippen molar-refractivity contribution in [3.05, 3.63) is 83.4 Å². The maximum Gasteiger partial charge on any atom is 0.229 e. The lowest BCUT2D eigenvalue weighted by atomic mass is 10.1. The van der Waals surface area contributed by atoms with E-state index in [4.69, 9.17) is 16.3 Å². The van der Waals surface area contributed by atoms with E-state index in [2.05, 4.69) is 20.3 Å². The minimum Gasteiger partial charge on any atom is -0.486 e. The highest BCUT2D eigenvalue weighted by molar-refractivity contribution is 7.25. The molecule has 1 atom stereocenters. The maximum atomic E-state index is 14.0. The molecule has 0 radical (unpaired) electrons. The molecule has 4 heterocycles. The number of amides is 1. The van der Waals surface area contributed by atoms with E-state index >= 15 is 0 Å². The second kappa shape index (κ2) is 10.5. The zero-order valence-electron chi connectivity index (χ0n) is 20.2. The molecular weight excluding hydrogens is 525 g/mol. The van der Waals surface area contributed by atoms with Crippen LogP contribution >= 0.6 is 22.9 Å². The summed E-state index contributed by atoms with van der Waals surface area (Å²) >= 11 is 8.03. The van der Waals surface area contributed by atoms with Gasteiger partial charge in [-0.15, -0.1) is 11.3 Å². The van der Waals surface area contributed by atoms with E-state index in [-0.39, 0.29) is 12.3 Å². The summed E-state index contributed by atoms with van der Waals surface area (Å²) in [5.41, 5.74) is 2.42. The number of nitrogens with zero attached hydrogens (tertiary/aromatic N) is 4. The molecule has 1 aliphatic rings. The Morgan fingerprint density at radius 1 is 1.16 bits per heavy atom. The van der Waals surface area contributed by atoms with Crippen LogP contribution in [0.1, 0.15) is 24.1 Å². The summed E-state index contributed by atoms with van der Waals surface area (Å²) in [6.45, 7) is 0.803. The van der Waals surface area contributed by atoms with Gasteiger partial charge < -0.3 is 15.0 Å². The largest absolute Gasteiger partial charge is 0.486 e. The standard InChI is InChI=1S/C28H23ClFN5O2S/c29-21-14-18(7-9-22(21)37-15-19-4-1-2-10-31-19)34-27-26-20-8-6-17(12-23(20)38-28(26)33-16-32-27)13-25(36)35-11-3-5-24(35)30/h1-2,4,6-10,12,14,16,24H,3,5,11,13,15H2,(H,32,33,34)/t24-/m1/s1. The van der Waals surface area contributed by atoms with Crippen LogP contribution in [-0.2, 0) is 17.8 Å². The van der Waals surface area contributed by atoms with Gasteiger partial charge >= 0.3 is 0 Å². The summed E-state index contributed by atoms with van der Waals surface area (Å²) < 4.78 is 20.8. The predicted molar refractivity (Wildman–Crippen MR) is 148 cm³/mol. The molecule has 0 spiro atoms. The van der Waals surface area contributed by atoms with Crippen molar-refractivity contribution in [2.75, 3.05) is 11.9 Å². The number of carbonyl (C=O) groups is 1. The first-order valence-corrected chi connectivity index (χ1v) is 13.4. The second-order valence-corrected chi connectivity index (χ2v) is 10.5. The second-order valence-electron chi connectivity index (χ2n) is 9.06. The van der Waals surface area contributed by atoms with Gasteiger partial charge in [0, 0.05) is 28.5 Å². The number of likely N-dealkylation sites (tertiary alicyclic amines) is 1. The summed E-state index contributed by atoms with van der Waals surface area (Å²) in [6.07, 6.45) is 3.37. The number of alkyl halides is 1. The molecule has 1 fully saturated rings. The molecule has 7 nitrogen and oxygen atoms in total. The highest BCUT2D eigenvalue weighted by Crippen LogP contribution is 2.38. The Balaban J connectivity index is 1.22. The van der Waals surface area contributed by atoms with Crippen LogP contribution in [0.2, 0.25) is 5.02 Å². The van der Waals surface area contributed by atoms with Gasteiger partial charge in [0.05, 0.1) is 22.5 Å². The Labute approximate surface area is 227 Å². The molecule has 1 aliphatic heterocycles. The van der Waals surface area contributed by atoms with Crippen molar-refractivity contribution in [1.29, 1.82) is 0 Å². The Hall–Kier alpha value is -3.82. The van der Waals surface area contributed by atoms with E-state index in [1.165, 1.54) is 22.6 Å². The molecule has 38 heavy (non-hydrogen) atoms. The summed E-state index contributed by atoms with van der Waals surface area (Å²) in [4.78, 5) is 28.0. The van der Waals surface area contributed by atoms with E-state index in [0.717, 1.165) is 37.2 Å². The van der Waals surface area contributed by atoms with E-state index in [1.54, 1.807) is 12.3 Å². The highest BCUT2D eigenvalue weighted by atomic mass is 35.5. The average Bonchev–Trinajstić information content (AvgIpc) is 3.52. The van der Waals surface area contributed by atoms with Gasteiger partial charge in [-0.3, -0.25) is 9.78 Å². The quantitative estimate of drug-likeness (QED) is 0.229. The first kappa shape index (κ1) is 24.5. The smallest absolute Gasteiger partial charge is 0.229 e. The van der Waals surface area contributed by atoms with Gasteiger partial charge in [-0.1, -0.05) is 29.8 Å². The number of benzene rings is 2. The fourth-order valence-corrected chi connectivity index (χ4v) is 5.95. The van der Waals surface area contributed by atoms with E-state index in [9.17, 15) is 9.18 Å². The number of hydrogen-bond donors (Lipinski definition) is 1. The van der Waals surface area contributed by atoms with Gasteiger partial charge in [0.1, 0.15) is 29.3 Å². The lowest BCUT2D eigenvalue weighted by molar-refractivity contribution is -0.134. The number of carbonyl (C=O) groups excluding carboxylic acids is 1. The number of anilines is 2. The first-order chi connectivity index (χ1) is 18.5. The van der Waals surface area contributed by atoms with Crippen LogP contribution in [0.3, 0.4) is 0 Å². The summed E-state index contributed by atoms with van der Waals surface area (Å²) in [5.74, 6) is 1.04. The predicted octanol–water partition coefficient (Wildman–Crippen LogP) is 6.68. The van der Waals surface area contributed by atoms with Crippen molar-refractivity contribution < 1.29 is 13.9 Å². The lowest BCUT2D eigenvalue weighted by Crippen LogP contribution is -2.34. The number of hydrogen-bond acceptors (Lipinski definition) is 7. The number of aromatic nitrogens is 3. The SMILES string of the molecule is O=C(Cc1ccc2c(c1)sc1ncnc(Nc3ccc(OCc4ccccn4)c(Cl)c3)c12)N1CCC[C@@H]1F. The fraction of sp³-hybridized carbons (Fsp3) is 0.214. The third kappa shape index (κ3) is 4.99. The minimum atomic E-state index is -1.17. The maximum absolute atomic E-state index is 14.0. The van der Waals surface area contributed by atoms with Crippen molar-refractivity contribution in [2.45, 2.75) is 32.2 Å². The molecular formula is C28H23ClFN5O2S. The number of nitrogens with one attached hydrogen (secondary N) is 1. The molecule has 0 saturated carbocycles. The van der Waals surface area contributed by atoms with E-state index < -0.39 is 6.30 Å². The molecule has 6 rings (SSSR count). The number of rotatable bonds is 7. The van der Waals surface area contributed by atoms with Crippen molar-refractivity contribution in [2.24, 2.45) is 0 Å². The van der Waals surface area contributed by atoms with Crippen LogP contribution < -0.4 is 10.1 Å². The van der Waals surface area contributed by atoms with Gasteiger partial charge in [-0.2, -0.15) is 0 Å². The van der Waals surface area contributed by atoms with Crippen LogP contribution in [-0.4, -0.2) is 38.6 Å². The summed E-state index contributed by atoms with van der Waals surface area (Å²) in [7, 11) is 0. The van der Waals surface area contributed by atoms with Crippen molar-refractivity contribution in [3.63, 3.8) is 0 Å². The Kier molecular flexibility index (Phi) is 6.78. The lowest BCUT2D eigenvalue weighted by Gasteiger charge is -2.18. The molecule has 3 aromatic heterocycles. The van der Waals surface area contributed by atoms with Crippen LogP contribution in [0.5, 0.6) is 5.75 Å². The normalized spacial score (nSPS) is 15.3. The third-order valence-electron chi connectivity index (χ3n) is 6.49. The zero-order chi connectivity index (χ0) is 26.1. The van der Waals surface area contributed by atoms with Gasteiger partial charge in [-0.05, 0) is 54.8 Å². The topological polar surface area (TPSA) is 80.2 Å². The average molecular weight is 548 g/mol. The Morgan fingerprint density at radius 3 is 2.87 bits per heavy atom. The minimum absolute atomic E-state index is 0.175. The molecule has 2 aromatic carbocycles. The zero-order valence-corrected chi connectivity index (χ0v) is 21.8. The Bertz CT molecular complexity index is 1630. The molecule has 1 N–H and O–H groups in total. The fourth-order valence-electron chi connectivity index (χ4n) is 4.61. The summed E-state index contributed by atoms with van der Waals surface area (Å²) in [5, 5.41) is 5.69. The van der Waals surface area contributed by atoms with Gasteiger partial charge in [0.2, 0.25) is 5.91 Å². The Morgan fingerprint density at radius 2 is 2.08 bits per heavy atom. The van der Waals surface area contributed by atoms with Gasteiger partial charge in [0.25, 0.3) is 0 Å². The molecule has 10 heteroatoms. The first-order valence-electron chi connectivity index (χ1n) is 12.2. The number of fused-ring (bicyclic) bond motifs is 3. The van der Waals surface area contributed by atoms with Crippen molar-refractivity contribution in [1.82, 2.24) is 19.9 Å². The van der Waals surface area contributed by atoms with Gasteiger partial charge in [-0.25, -0.2) is 14.4 Å². The van der Waals surface area contributed by atoms with E-state index in [0.29, 0.717) is 42.6 Å². The third-order valence-corrected chi connectivity index (χ3v) is 7.84. The van der Waals surface area contributed by atoms with Crippen LogP contribution in [0.25, 0.3) is 20.3 Å². The number of pyridine rings is 1. The molecule has 0 aliphatic carbocycles. The molecule has 192 valence electrons. The van der Waals surface area contributed by atoms with Crippen LogP contribution in [0, 0.1) is 0 Å². The molecule has 5 aromatic rings. The monoisotopic (exact) mass is 547 g/mol. The van der Waals surface area contributed by atoms with Gasteiger partial charge in [0.15, 0.2) is 6.30 Å². The molecule has 1 saturated heterocycles. The number of thiophene rings is 1.